The predicted octanol–water partition coefficient (Wildman–Crippen LogP) is 1.67. The van der Waals surface area contributed by atoms with Gasteiger partial charge in [0.15, 0.2) is 0 Å². The van der Waals surface area contributed by atoms with Gasteiger partial charge in [-0.2, -0.15) is 0 Å². The minimum absolute atomic E-state index is 0.244. The molecule has 1 nitrogen and oxygen atoms in total. The van der Waals surface area contributed by atoms with Gasteiger partial charge in [-0.25, -0.2) is 0 Å². The number of halogens is 1. The van der Waals surface area contributed by atoms with Crippen molar-refractivity contribution in [2.75, 3.05) is 6.61 Å². The van der Waals surface area contributed by atoms with E-state index in [0.717, 1.165) is 6.42 Å². The second kappa shape index (κ2) is 4.34. The second-order valence-electron chi connectivity index (χ2n) is 1.43. The Morgan fingerprint density at radius 1 is 1.86 bits per heavy atom. The first-order valence-electron chi connectivity index (χ1n) is 2.18. The maximum Gasteiger partial charge on any atom is 0.0468 e. The van der Waals surface area contributed by atoms with Crippen molar-refractivity contribution in [2.24, 2.45) is 0 Å². The first-order chi connectivity index (χ1) is 3.31. The molecular formula is C5H9BrO. The lowest BCUT2D eigenvalue weighted by molar-refractivity contribution is 0.299. The van der Waals surface area contributed by atoms with E-state index in [1.807, 2.05) is 11.9 Å². The molecule has 0 unspecified atom stereocenters. The SMILES string of the molecule is C/C(=C\Br)CCO. The van der Waals surface area contributed by atoms with Crippen LogP contribution < -0.4 is 0 Å². The summed E-state index contributed by atoms with van der Waals surface area (Å²) in [5, 5.41) is 8.31. The van der Waals surface area contributed by atoms with E-state index in [2.05, 4.69) is 15.9 Å². The van der Waals surface area contributed by atoms with Crippen LogP contribution in [0.4, 0.5) is 0 Å². The summed E-state index contributed by atoms with van der Waals surface area (Å²) in [6, 6.07) is 0. The summed E-state index contributed by atoms with van der Waals surface area (Å²) < 4.78 is 0. The number of hydrogen-bond donors (Lipinski definition) is 1. The molecule has 0 aliphatic carbocycles. The van der Waals surface area contributed by atoms with E-state index >= 15 is 0 Å². The van der Waals surface area contributed by atoms with Gasteiger partial charge in [0.2, 0.25) is 0 Å². The normalized spacial score (nSPS) is 12.1. The fourth-order valence-corrected chi connectivity index (χ4v) is 0.460. The average Bonchev–Trinajstić information content (AvgIpc) is 1.68. The fourth-order valence-electron chi connectivity index (χ4n) is 0.231. The summed E-state index contributed by atoms with van der Waals surface area (Å²) in [7, 11) is 0. The molecule has 0 aromatic heterocycles. The number of aliphatic hydroxyl groups is 1. The lowest BCUT2D eigenvalue weighted by Gasteiger charge is -1.89. The highest BCUT2D eigenvalue weighted by Gasteiger charge is 1.81. The molecule has 0 saturated carbocycles. The number of aliphatic hydroxyl groups excluding tert-OH is 1. The smallest absolute Gasteiger partial charge is 0.0468 e. The molecule has 7 heavy (non-hydrogen) atoms. The zero-order valence-electron chi connectivity index (χ0n) is 4.32. The molecule has 0 radical (unpaired) electrons. The van der Waals surface area contributed by atoms with Gasteiger partial charge in [-0.3, -0.25) is 0 Å². The molecule has 42 valence electrons. The van der Waals surface area contributed by atoms with Crippen LogP contribution in [0.3, 0.4) is 0 Å². The standard InChI is InChI=1S/C5H9BrO/c1-5(4-6)2-3-7/h4,7H,2-3H2,1H3/b5-4+. The van der Waals surface area contributed by atoms with E-state index in [1.54, 1.807) is 0 Å². The van der Waals surface area contributed by atoms with E-state index < -0.39 is 0 Å². The van der Waals surface area contributed by atoms with Crippen molar-refractivity contribution in [1.29, 1.82) is 0 Å². The number of hydrogen-bond acceptors (Lipinski definition) is 1. The lowest BCUT2D eigenvalue weighted by atomic mass is 10.3. The molecule has 0 saturated heterocycles. The maximum absolute atomic E-state index is 8.31. The molecule has 0 aliphatic rings. The first-order valence-corrected chi connectivity index (χ1v) is 3.09. The molecule has 0 aromatic carbocycles. The van der Waals surface area contributed by atoms with Gasteiger partial charge in [0.25, 0.3) is 0 Å². The highest BCUT2D eigenvalue weighted by Crippen LogP contribution is 2.00. The minimum atomic E-state index is 0.244. The molecular weight excluding hydrogens is 156 g/mol. The highest BCUT2D eigenvalue weighted by molar-refractivity contribution is 9.11. The second-order valence-corrected chi connectivity index (χ2v) is 1.89. The summed E-state index contributed by atoms with van der Waals surface area (Å²) in [4.78, 5) is 1.82. The molecule has 0 rings (SSSR count). The van der Waals surface area contributed by atoms with Crippen LogP contribution in [-0.2, 0) is 0 Å². The van der Waals surface area contributed by atoms with Crippen LogP contribution in [-0.4, -0.2) is 11.7 Å². The van der Waals surface area contributed by atoms with Crippen LogP contribution in [0.25, 0.3) is 0 Å². The Labute approximate surface area is 52.2 Å². The average molecular weight is 165 g/mol. The first kappa shape index (κ1) is 7.18. The predicted molar refractivity (Wildman–Crippen MR) is 34.4 cm³/mol. The molecule has 0 atom stereocenters. The van der Waals surface area contributed by atoms with Crippen molar-refractivity contribution in [1.82, 2.24) is 0 Å². The molecule has 0 heterocycles. The Morgan fingerprint density at radius 3 is 2.57 bits per heavy atom. The summed E-state index contributed by atoms with van der Waals surface area (Å²) in [5.74, 6) is 0. The topological polar surface area (TPSA) is 20.2 Å². The Morgan fingerprint density at radius 2 is 2.43 bits per heavy atom. The highest BCUT2D eigenvalue weighted by atomic mass is 79.9. The van der Waals surface area contributed by atoms with Crippen molar-refractivity contribution >= 4 is 15.9 Å². The molecule has 0 aliphatic heterocycles. The largest absolute Gasteiger partial charge is 0.396 e. The molecule has 0 spiro atoms. The zero-order valence-corrected chi connectivity index (χ0v) is 5.90. The molecule has 0 fully saturated rings. The van der Waals surface area contributed by atoms with E-state index in [4.69, 9.17) is 5.11 Å². The Hall–Kier alpha value is 0.180. The Kier molecular flexibility index (Phi) is 4.45. The molecule has 2 heteroatoms. The van der Waals surface area contributed by atoms with Crippen LogP contribution in [0.2, 0.25) is 0 Å². The van der Waals surface area contributed by atoms with E-state index in [0.29, 0.717) is 0 Å². The molecule has 0 amide bonds. The quantitative estimate of drug-likeness (QED) is 0.659. The lowest BCUT2D eigenvalue weighted by Crippen LogP contribution is -1.80. The van der Waals surface area contributed by atoms with Crippen molar-refractivity contribution in [3.8, 4) is 0 Å². The molecule has 0 aromatic rings. The van der Waals surface area contributed by atoms with Crippen molar-refractivity contribution in [2.45, 2.75) is 13.3 Å². The summed E-state index contributed by atoms with van der Waals surface area (Å²) in [5.41, 5.74) is 1.17. The monoisotopic (exact) mass is 164 g/mol. The summed E-state index contributed by atoms with van der Waals surface area (Å²) in [6.07, 6.45) is 0.769. The maximum atomic E-state index is 8.31. The van der Waals surface area contributed by atoms with Crippen LogP contribution >= 0.6 is 15.9 Å². The van der Waals surface area contributed by atoms with E-state index in [1.165, 1.54) is 5.57 Å². The van der Waals surface area contributed by atoms with Crippen molar-refractivity contribution in [3.05, 3.63) is 10.6 Å². The fraction of sp³-hybridized carbons (Fsp3) is 0.600. The van der Waals surface area contributed by atoms with Gasteiger partial charge in [0.05, 0.1) is 0 Å². The third kappa shape index (κ3) is 4.02. The van der Waals surface area contributed by atoms with Crippen LogP contribution in [0, 0.1) is 0 Å². The van der Waals surface area contributed by atoms with E-state index in [9.17, 15) is 0 Å². The Bertz CT molecular complexity index is 68.5. The zero-order chi connectivity index (χ0) is 5.70. The molecule has 0 bridgehead atoms. The van der Waals surface area contributed by atoms with Gasteiger partial charge in [-0.1, -0.05) is 21.5 Å². The third-order valence-electron chi connectivity index (χ3n) is 0.692. The van der Waals surface area contributed by atoms with Crippen molar-refractivity contribution < 1.29 is 5.11 Å². The van der Waals surface area contributed by atoms with E-state index in [-0.39, 0.29) is 6.61 Å². The Balaban J connectivity index is 3.17. The third-order valence-corrected chi connectivity index (χ3v) is 1.47. The van der Waals surface area contributed by atoms with Gasteiger partial charge < -0.3 is 5.11 Å². The summed E-state index contributed by atoms with van der Waals surface area (Å²) in [6.45, 7) is 2.21. The van der Waals surface area contributed by atoms with Crippen LogP contribution in [0.15, 0.2) is 10.6 Å². The van der Waals surface area contributed by atoms with Gasteiger partial charge in [0, 0.05) is 6.61 Å². The minimum Gasteiger partial charge on any atom is -0.396 e. The van der Waals surface area contributed by atoms with Crippen LogP contribution in [0.1, 0.15) is 13.3 Å². The van der Waals surface area contributed by atoms with Crippen LogP contribution in [0.5, 0.6) is 0 Å². The summed E-state index contributed by atoms with van der Waals surface area (Å²) >= 11 is 3.14. The van der Waals surface area contributed by atoms with Gasteiger partial charge in [-0.05, 0) is 18.3 Å². The van der Waals surface area contributed by atoms with Gasteiger partial charge in [-0.15, -0.1) is 0 Å². The van der Waals surface area contributed by atoms with Crippen molar-refractivity contribution in [3.63, 3.8) is 0 Å². The molecule has 1 N–H and O–H groups in total. The van der Waals surface area contributed by atoms with Gasteiger partial charge in [0.1, 0.15) is 0 Å². The number of rotatable bonds is 2. The van der Waals surface area contributed by atoms with Gasteiger partial charge >= 0.3 is 0 Å².